The maximum absolute atomic E-state index is 13.5. The van der Waals surface area contributed by atoms with Crippen molar-refractivity contribution in [1.82, 2.24) is 4.98 Å². The molecule has 0 aliphatic carbocycles. The Kier molecular flexibility index (Phi) is 7.01. The monoisotopic (exact) mass is 548 g/mol. The van der Waals surface area contributed by atoms with Gasteiger partial charge in [0.25, 0.3) is 0 Å². The van der Waals surface area contributed by atoms with Crippen LogP contribution in [0.1, 0.15) is 20.9 Å². The Bertz CT molecular complexity index is 1580. The van der Waals surface area contributed by atoms with E-state index in [9.17, 15) is 9.59 Å². The molecule has 0 unspecified atom stereocenters. The Labute approximate surface area is 226 Å². The van der Waals surface area contributed by atoms with Crippen LogP contribution in [0.3, 0.4) is 0 Å². The highest BCUT2D eigenvalue weighted by molar-refractivity contribution is 8.16. The van der Waals surface area contributed by atoms with Crippen molar-refractivity contribution in [3.8, 4) is 0 Å². The predicted molar refractivity (Wildman–Crippen MR) is 152 cm³/mol. The standard InChI is InChI=1S/C27H21ClN4O3S2/c1-14-16(28)9-7-12-17(14)31-26-21(25-32-19-11-5-6-13-20(19)36-25)22(29)23(37-26)24(33)30-18-10-4-3-8-15(18)27(34)35-2/h3-13,23H,29H2,1-2H3,(H,30,33)/t23-/m1/s1. The number of halogens is 1. The number of thioether (sulfide) groups is 1. The number of carbonyl (C=O) groups excluding carboxylic acids is 2. The number of hydrogen-bond donors (Lipinski definition) is 2. The number of thiazole rings is 1. The van der Waals surface area contributed by atoms with Crippen molar-refractivity contribution in [3.63, 3.8) is 0 Å². The van der Waals surface area contributed by atoms with Gasteiger partial charge in [0, 0.05) is 10.7 Å². The summed E-state index contributed by atoms with van der Waals surface area (Å²) in [5, 5.41) is 3.89. The fourth-order valence-electron chi connectivity index (χ4n) is 3.86. The molecule has 1 aromatic heterocycles. The normalized spacial score (nSPS) is 16.4. The summed E-state index contributed by atoms with van der Waals surface area (Å²) < 4.78 is 5.85. The third kappa shape index (κ3) is 4.85. The fraction of sp³-hybridized carbons (Fsp3) is 0.111. The number of aliphatic imine (C=N–C) groups is 1. The Morgan fingerprint density at radius 2 is 1.84 bits per heavy atom. The van der Waals surface area contributed by atoms with Gasteiger partial charge >= 0.3 is 5.97 Å². The first-order chi connectivity index (χ1) is 17.9. The Morgan fingerprint density at radius 1 is 1.08 bits per heavy atom. The predicted octanol–water partition coefficient (Wildman–Crippen LogP) is 6.20. The first kappa shape index (κ1) is 25.0. The van der Waals surface area contributed by atoms with Gasteiger partial charge in [-0.1, -0.05) is 53.7 Å². The minimum atomic E-state index is -0.786. The van der Waals surface area contributed by atoms with Gasteiger partial charge in [-0.05, 0) is 48.9 Å². The quantitative estimate of drug-likeness (QED) is 0.288. The van der Waals surface area contributed by atoms with E-state index in [1.165, 1.54) is 30.2 Å². The van der Waals surface area contributed by atoms with E-state index < -0.39 is 11.2 Å². The first-order valence-electron chi connectivity index (χ1n) is 11.2. The van der Waals surface area contributed by atoms with Crippen LogP contribution in [0.2, 0.25) is 5.02 Å². The van der Waals surface area contributed by atoms with E-state index in [0.29, 0.717) is 37.7 Å². The van der Waals surface area contributed by atoms with Crippen LogP contribution in [0.15, 0.2) is 77.4 Å². The highest BCUT2D eigenvalue weighted by Crippen LogP contribution is 2.43. The van der Waals surface area contributed by atoms with Gasteiger partial charge in [0.15, 0.2) is 0 Å². The van der Waals surface area contributed by atoms with E-state index in [2.05, 4.69) is 5.32 Å². The fourth-order valence-corrected chi connectivity index (χ4v) is 6.25. The molecular weight excluding hydrogens is 528 g/mol. The molecule has 37 heavy (non-hydrogen) atoms. The van der Waals surface area contributed by atoms with Crippen LogP contribution in [0.25, 0.3) is 15.8 Å². The first-order valence-corrected chi connectivity index (χ1v) is 13.3. The van der Waals surface area contributed by atoms with Crippen LogP contribution in [0.4, 0.5) is 11.4 Å². The number of esters is 1. The maximum atomic E-state index is 13.5. The molecule has 3 N–H and O–H groups in total. The number of anilines is 1. The van der Waals surface area contributed by atoms with Gasteiger partial charge in [-0.15, -0.1) is 11.3 Å². The third-order valence-electron chi connectivity index (χ3n) is 5.81. The zero-order valence-corrected chi connectivity index (χ0v) is 22.2. The highest BCUT2D eigenvalue weighted by Gasteiger charge is 2.37. The van der Waals surface area contributed by atoms with Gasteiger partial charge in [0.1, 0.15) is 15.3 Å². The molecule has 5 rings (SSSR count). The number of amides is 1. The van der Waals surface area contributed by atoms with Crippen molar-refractivity contribution in [3.05, 3.63) is 93.6 Å². The van der Waals surface area contributed by atoms with Crippen LogP contribution >= 0.6 is 34.7 Å². The summed E-state index contributed by atoms with van der Waals surface area (Å²) in [5.41, 5.74) is 10.5. The lowest BCUT2D eigenvalue weighted by Crippen LogP contribution is -2.29. The summed E-state index contributed by atoms with van der Waals surface area (Å²) in [4.78, 5) is 35.3. The van der Waals surface area contributed by atoms with Crippen LogP contribution < -0.4 is 11.1 Å². The molecule has 186 valence electrons. The number of aromatic nitrogens is 1. The minimum Gasteiger partial charge on any atom is -0.465 e. The van der Waals surface area contributed by atoms with E-state index in [-0.39, 0.29) is 11.5 Å². The molecule has 0 saturated carbocycles. The van der Waals surface area contributed by atoms with Gasteiger partial charge in [0.2, 0.25) is 5.91 Å². The van der Waals surface area contributed by atoms with Crippen LogP contribution in [0.5, 0.6) is 0 Å². The zero-order chi connectivity index (χ0) is 26.1. The number of nitrogens with one attached hydrogen (secondary N) is 1. The van der Waals surface area contributed by atoms with Crippen molar-refractivity contribution >= 4 is 78.8 Å². The summed E-state index contributed by atoms with van der Waals surface area (Å²) >= 11 is 9.05. The third-order valence-corrected chi connectivity index (χ3v) is 8.50. The van der Waals surface area contributed by atoms with Crippen molar-refractivity contribution in [2.24, 2.45) is 10.7 Å². The van der Waals surface area contributed by atoms with Crippen molar-refractivity contribution in [2.75, 3.05) is 12.4 Å². The Balaban J connectivity index is 1.57. The van der Waals surface area contributed by atoms with Crippen LogP contribution in [-0.2, 0) is 9.53 Å². The molecule has 3 aromatic carbocycles. The molecular formula is C27H21ClN4O3S2. The van der Waals surface area contributed by atoms with Gasteiger partial charge in [-0.2, -0.15) is 0 Å². The molecule has 1 amide bonds. The Hall–Kier alpha value is -3.66. The van der Waals surface area contributed by atoms with Crippen molar-refractivity contribution in [2.45, 2.75) is 12.2 Å². The molecule has 0 bridgehead atoms. The SMILES string of the molecule is COC(=O)c1ccccc1NC(=O)[C@@H]1SC(=Nc2cccc(Cl)c2C)C(c2nc3ccccc3s2)=C1N. The molecule has 0 spiro atoms. The highest BCUT2D eigenvalue weighted by atomic mass is 35.5. The number of methoxy groups -OCH3 is 1. The lowest BCUT2D eigenvalue weighted by atomic mass is 10.1. The molecule has 2 heterocycles. The summed E-state index contributed by atoms with van der Waals surface area (Å²) in [6.45, 7) is 1.89. The molecule has 1 aliphatic heterocycles. The molecule has 10 heteroatoms. The number of benzene rings is 3. The number of ether oxygens (including phenoxy) is 1. The van der Waals surface area contributed by atoms with Gasteiger partial charge < -0.3 is 15.8 Å². The molecule has 0 radical (unpaired) electrons. The molecule has 1 atom stereocenters. The largest absolute Gasteiger partial charge is 0.465 e. The van der Waals surface area contributed by atoms with E-state index in [1.54, 1.807) is 30.3 Å². The van der Waals surface area contributed by atoms with E-state index in [1.807, 2.05) is 43.3 Å². The molecule has 0 saturated heterocycles. The number of hydrogen-bond acceptors (Lipinski definition) is 8. The molecule has 7 nitrogen and oxygen atoms in total. The van der Waals surface area contributed by atoms with E-state index >= 15 is 0 Å². The second-order valence-corrected chi connectivity index (χ2v) is 10.7. The van der Waals surface area contributed by atoms with Crippen LogP contribution in [0, 0.1) is 6.92 Å². The number of fused-ring (bicyclic) bond motifs is 1. The summed E-state index contributed by atoms with van der Waals surface area (Å²) in [6.07, 6.45) is 0. The average molecular weight is 549 g/mol. The second kappa shape index (κ2) is 10.4. The second-order valence-electron chi connectivity index (χ2n) is 8.14. The molecule has 0 fully saturated rings. The summed E-state index contributed by atoms with van der Waals surface area (Å²) in [7, 11) is 1.29. The van der Waals surface area contributed by atoms with Gasteiger partial charge in [0.05, 0.1) is 39.8 Å². The summed E-state index contributed by atoms with van der Waals surface area (Å²) in [6, 6.07) is 19.9. The van der Waals surface area contributed by atoms with Crippen molar-refractivity contribution < 1.29 is 14.3 Å². The number of nitrogens with two attached hydrogens (primary N) is 1. The smallest absolute Gasteiger partial charge is 0.339 e. The maximum Gasteiger partial charge on any atom is 0.339 e. The van der Waals surface area contributed by atoms with E-state index in [0.717, 1.165) is 15.8 Å². The lowest BCUT2D eigenvalue weighted by Gasteiger charge is -2.13. The number of para-hydroxylation sites is 2. The lowest BCUT2D eigenvalue weighted by molar-refractivity contribution is -0.115. The number of carbonyl (C=O) groups is 2. The van der Waals surface area contributed by atoms with Gasteiger partial charge in [-0.3, -0.25) is 4.79 Å². The van der Waals surface area contributed by atoms with Gasteiger partial charge in [-0.25, -0.2) is 14.8 Å². The van der Waals surface area contributed by atoms with Crippen molar-refractivity contribution in [1.29, 1.82) is 0 Å². The van der Waals surface area contributed by atoms with Crippen LogP contribution in [-0.4, -0.2) is 34.3 Å². The Morgan fingerprint density at radius 3 is 2.62 bits per heavy atom. The number of nitrogens with zero attached hydrogens (tertiary/aromatic N) is 2. The van der Waals surface area contributed by atoms with E-state index in [4.69, 9.17) is 32.0 Å². The molecule has 1 aliphatic rings. The zero-order valence-electron chi connectivity index (χ0n) is 19.8. The topological polar surface area (TPSA) is 107 Å². The minimum absolute atomic E-state index is 0.249. The summed E-state index contributed by atoms with van der Waals surface area (Å²) in [5.74, 6) is -0.933. The molecule has 4 aromatic rings. The number of rotatable bonds is 5. The average Bonchev–Trinajstić information content (AvgIpc) is 3.47.